The second kappa shape index (κ2) is 4.52. The van der Waals surface area contributed by atoms with Gasteiger partial charge in [-0.05, 0) is 31.6 Å². The van der Waals surface area contributed by atoms with Gasteiger partial charge in [-0.25, -0.2) is 0 Å². The first-order chi connectivity index (χ1) is 7.18. The topological polar surface area (TPSA) is 46.3 Å². The molecule has 2 saturated carbocycles. The maximum absolute atomic E-state index is 12.1. The molecule has 2 atom stereocenters. The van der Waals surface area contributed by atoms with E-state index in [1.54, 1.807) is 0 Å². The molecular formula is C12H22N2O. The third-order valence-corrected chi connectivity index (χ3v) is 3.74. The van der Waals surface area contributed by atoms with E-state index in [2.05, 4.69) is 0 Å². The van der Waals surface area contributed by atoms with Gasteiger partial charge >= 0.3 is 0 Å². The fourth-order valence-electron chi connectivity index (χ4n) is 2.53. The first-order valence-electron chi connectivity index (χ1n) is 6.19. The van der Waals surface area contributed by atoms with Crippen molar-refractivity contribution in [1.29, 1.82) is 0 Å². The van der Waals surface area contributed by atoms with Crippen LogP contribution in [0.1, 0.15) is 38.5 Å². The lowest BCUT2D eigenvalue weighted by atomic mass is 9.84. The van der Waals surface area contributed by atoms with Crippen LogP contribution in [-0.4, -0.2) is 30.4 Å². The highest BCUT2D eigenvalue weighted by atomic mass is 16.2. The van der Waals surface area contributed by atoms with Crippen LogP contribution in [0.3, 0.4) is 0 Å². The molecule has 2 N–H and O–H groups in total. The van der Waals surface area contributed by atoms with Gasteiger partial charge in [0.25, 0.3) is 0 Å². The van der Waals surface area contributed by atoms with Crippen LogP contribution in [0.15, 0.2) is 0 Å². The summed E-state index contributed by atoms with van der Waals surface area (Å²) in [4.78, 5) is 14.0. The Balaban J connectivity index is 1.86. The number of nitrogens with two attached hydrogens (primary N) is 1. The van der Waals surface area contributed by atoms with Crippen LogP contribution in [0.25, 0.3) is 0 Å². The van der Waals surface area contributed by atoms with Crippen molar-refractivity contribution in [3.05, 3.63) is 0 Å². The van der Waals surface area contributed by atoms with Crippen molar-refractivity contribution < 1.29 is 4.79 Å². The van der Waals surface area contributed by atoms with Crippen molar-refractivity contribution in [2.24, 2.45) is 17.6 Å². The Hall–Kier alpha value is -0.570. The van der Waals surface area contributed by atoms with E-state index >= 15 is 0 Å². The van der Waals surface area contributed by atoms with E-state index in [0.29, 0.717) is 0 Å². The molecule has 0 bridgehead atoms. The van der Waals surface area contributed by atoms with Gasteiger partial charge in [-0.15, -0.1) is 0 Å². The van der Waals surface area contributed by atoms with Gasteiger partial charge in [0, 0.05) is 19.6 Å². The molecule has 0 aromatic carbocycles. The van der Waals surface area contributed by atoms with Gasteiger partial charge in [-0.1, -0.05) is 12.8 Å². The molecule has 86 valence electrons. The van der Waals surface area contributed by atoms with Gasteiger partial charge in [0.15, 0.2) is 0 Å². The molecule has 0 aliphatic heterocycles. The van der Waals surface area contributed by atoms with Crippen LogP contribution in [-0.2, 0) is 4.79 Å². The third kappa shape index (κ3) is 2.71. The van der Waals surface area contributed by atoms with Gasteiger partial charge in [-0.2, -0.15) is 0 Å². The van der Waals surface area contributed by atoms with E-state index in [1.807, 2.05) is 11.9 Å². The van der Waals surface area contributed by atoms with E-state index in [0.717, 1.165) is 25.3 Å². The van der Waals surface area contributed by atoms with Gasteiger partial charge in [0.1, 0.15) is 0 Å². The smallest absolute Gasteiger partial charge is 0.226 e. The van der Waals surface area contributed by atoms with E-state index in [-0.39, 0.29) is 17.9 Å². The number of carbonyl (C=O) groups excluding carboxylic acids is 1. The molecule has 2 fully saturated rings. The zero-order valence-corrected chi connectivity index (χ0v) is 9.61. The quantitative estimate of drug-likeness (QED) is 0.764. The van der Waals surface area contributed by atoms with E-state index < -0.39 is 0 Å². The predicted molar refractivity (Wildman–Crippen MR) is 60.3 cm³/mol. The van der Waals surface area contributed by atoms with Gasteiger partial charge in [0.05, 0.1) is 5.92 Å². The molecule has 0 aromatic heterocycles. The minimum Gasteiger partial charge on any atom is -0.345 e. The van der Waals surface area contributed by atoms with E-state index in [9.17, 15) is 4.79 Å². The van der Waals surface area contributed by atoms with Crippen LogP contribution in [0, 0.1) is 11.8 Å². The minimum absolute atomic E-state index is 0.0995. The van der Waals surface area contributed by atoms with Crippen molar-refractivity contribution in [2.45, 2.75) is 44.6 Å². The van der Waals surface area contributed by atoms with Crippen molar-refractivity contribution in [2.75, 3.05) is 13.6 Å². The summed E-state index contributed by atoms with van der Waals surface area (Å²) in [6, 6.07) is 0.105. The average Bonchev–Trinajstić information content (AvgIpc) is 3.01. The van der Waals surface area contributed by atoms with Crippen LogP contribution in [0.2, 0.25) is 0 Å². The fraction of sp³-hybridized carbons (Fsp3) is 0.917. The molecule has 2 aliphatic carbocycles. The first-order valence-corrected chi connectivity index (χ1v) is 6.19. The second-order valence-electron chi connectivity index (χ2n) is 5.22. The monoisotopic (exact) mass is 210 g/mol. The van der Waals surface area contributed by atoms with Gasteiger partial charge in [-0.3, -0.25) is 4.79 Å². The highest BCUT2D eigenvalue weighted by Crippen LogP contribution is 2.31. The van der Waals surface area contributed by atoms with Crippen molar-refractivity contribution >= 4 is 5.91 Å². The molecule has 0 spiro atoms. The predicted octanol–water partition coefficient (Wildman–Crippen LogP) is 1.37. The standard InChI is InChI=1S/C12H22N2O/c1-14(8-9-6-7-9)12(15)10-4-2-3-5-11(10)13/h9-11H,2-8,13H2,1H3. The lowest BCUT2D eigenvalue weighted by Crippen LogP contribution is -2.44. The summed E-state index contributed by atoms with van der Waals surface area (Å²) in [7, 11) is 1.93. The summed E-state index contributed by atoms with van der Waals surface area (Å²) in [5.41, 5.74) is 6.02. The largest absolute Gasteiger partial charge is 0.345 e. The molecule has 3 heteroatoms. The summed E-state index contributed by atoms with van der Waals surface area (Å²) < 4.78 is 0. The second-order valence-corrected chi connectivity index (χ2v) is 5.22. The molecule has 15 heavy (non-hydrogen) atoms. The highest BCUT2D eigenvalue weighted by molar-refractivity contribution is 5.79. The van der Waals surface area contributed by atoms with E-state index in [4.69, 9.17) is 5.73 Å². The zero-order valence-electron chi connectivity index (χ0n) is 9.61. The van der Waals surface area contributed by atoms with Gasteiger partial charge < -0.3 is 10.6 Å². The van der Waals surface area contributed by atoms with Crippen molar-refractivity contribution in [3.8, 4) is 0 Å². The maximum Gasteiger partial charge on any atom is 0.226 e. The molecular weight excluding hydrogens is 188 g/mol. The number of amides is 1. The Morgan fingerprint density at radius 1 is 1.27 bits per heavy atom. The average molecular weight is 210 g/mol. The number of hydrogen-bond acceptors (Lipinski definition) is 2. The fourth-order valence-corrected chi connectivity index (χ4v) is 2.53. The van der Waals surface area contributed by atoms with Crippen molar-refractivity contribution in [1.82, 2.24) is 4.90 Å². The Labute approximate surface area is 92.0 Å². The molecule has 2 unspecified atom stereocenters. The maximum atomic E-state index is 12.1. The molecule has 1 amide bonds. The van der Waals surface area contributed by atoms with Crippen LogP contribution >= 0.6 is 0 Å². The summed E-state index contributed by atoms with van der Waals surface area (Å²) in [6.07, 6.45) is 6.98. The molecule has 0 radical (unpaired) electrons. The molecule has 2 aliphatic rings. The molecule has 0 aromatic rings. The third-order valence-electron chi connectivity index (χ3n) is 3.74. The van der Waals surface area contributed by atoms with Gasteiger partial charge in [0.2, 0.25) is 5.91 Å². The lowest BCUT2D eigenvalue weighted by Gasteiger charge is -2.31. The summed E-state index contributed by atoms with van der Waals surface area (Å²) in [6.45, 7) is 0.946. The minimum atomic E-state index is 0.0995. The van der Waals surface area contributed by atoms with Crippen LogP contribution in [0.5, 0.6) is 0 Å². The zero-order chi connectivity index (χ0) is 10.8. The Morgan fingerprint density at radius 2 is 1.93 bits per heavy atom. The molecule has 0 heterocycles. The summed E-state index contributed by atoms with van der Waals surface area (Å²) in [5.74, 6) is 1.16. The Bertz CT molecular complexity index is 238. The molecule has 0 saturated heterocycles. The highest BCUT2D eigenvalue weighted by Gasteiger charge is 2.32. The van der Waals surface area contributed by atoms with E-state index in [1.165, 1.54) is 25.7 Å². The van der Waals surface area contributed by atoms with Crippen LogP contribution in [0.4, 0.5) is 0 Å². The first kappa shape index (κ1) is 10.9. The number of rotatable bonds is 3. The number of nitrogens with zero attached hydrogens (tertiary/aromatic N) is 1. The summed E-state index contributed by atoms with van der Waals surface area (Å²) >= 11 is 0. The van der Waals surface area contributed by atoms with Crippen molar-refractivity contribution in [3.63, 3.8) is 0 Å². The lowest BCUT2D eigenvalue weighted by molar-refractivity contribution is -0.136. The van der Waals surface area contributed by atoms with Crippen LogP contribution < -0.4 is 5.73 Å². The number of hydrogen-bond donors (Lipinski definition) is 1. The summed E-state index contributed by atoms with van der Waals surface area (Å²) in [5, 5.41) is 0. The Kier molecular flexibility index (Phi) is 3.29. The molecule has 3 nitrogen and oxygen atoms in total. The molecule has 2 rings (SSSR count). The normalized spacial score (nSPS) is 31.3. The Morgan fingerprint density at radius 3 is 2.53 bits per heavy atom. The number of carbonyl (C=O) groups is 1. The SMILES string of the molecule is CN(CC1CC1)C(=O)C1CCCCC1N.